The molecule has 15 heavy (non-hydrogen) atoms. The number of nitrogens with one attached hydrogen (secondary N) is 1. The number of rotatable bonds is 3. The minimum absolute atomic E-state index is 0.534. The number of thioether (sulfide) groups is 1. The molecule has 3 heteroatoms. The van der Waals surface area contributed by atoms with Crippen molar-refractivity contribution in [3.05, 3.63) is 23.9 Å². The minimum Gasteiger partial charge on any atom is -0.310 e. The summed E-state index contributed by atoms with van der Waals surface area (Å²) in [5, 5.41) is 4.68. The summed E-state index contributed by atoms with van der Waals surface area (Å²) in [6, 6.07) is 4.89. The minimum atomic E-state index is 0.534. The van der Waals surface area contributed by atoms with Gasteiger partial charge in [-0.1, -0.05) is 19.4 Å². The van der Waals surface area contributed by atoms with Crippen LogP contribution in [0.2, 0.25) is 0 Å². The number of hydrogen-bond acceptors (Lipinski definition) is 3. The first-order valence-electron chi connectivity index (χ1n) is 5.72. The Hall–Kier alpha value is -0.540. The van der Waals surface area contributed by atoms with Gasteiger partial charge in [-0.15, -0.1) is 11.8 Å². The molecule has 1 fully saturated rings. The Morgan fingerprint density at radius 3 is 3.00 bits per heavy atom. The summed E-state index contributed by atoms with van der Waals surface area (Å²) in [6.45, 7) is 3.30. The fraction of sp³-hybridized carbons (Fsp3) is 0.583. The second-order valence-corrected chi connectivity index (χ2v) is 5.15. The van der Waals surface area contributed by atoms with Gasteiger partial charge in [-0.05, 0) is 36.8 Å². The summed E-state index contributed by atoms with van der Waals surface area (Å²) in [5.41, 5.74) is 1.34. The Morgan fingerprint density at radius 1 is 1.47 bits per heavy atom. The molecule has 1 aromatic heterocycles. The van der Waals surface area contributed by atoms with Crippen molar-refractivity contribution in [3.63, 3.8) is 0 Å². The van der Waals surface area contributed by atoms with Gasteiger partial charge in [0.15, 0.2) is 0 Å². The van der Waals surface area contributed by atoms with Crippen LogP contribution in [-0.4, -0.2) is 17.3 Å². The van der Waals surface area contributed by atoms with Crippen LogP contribution >= 0.6 is 11.8 Å². The van der Waals surface area contributed by atoms with Gasteiger partial charge in [0, 0.05) is 12.2 Å². The third-order valence-corrected chi connectivity index (χ3v) is 3.59. The van der Waals surface area contributed by atoms with E-state index in [1.54, 1.807) is 11.8 Å². The van der Waals surface area contributed by atoms with Crippen LogP contribution in [0.4, 0.5) is 0 Å². The van der Waals surface area contributed by atoms with E-state index in [9.17, 15) is 0 Å². The standard InChI is InChI=1S/C12H18N2S/c1-2-15-12-7-6-10(9-14-12)11-5-3-4-8-13-11/h6-7,9,11,13H,2-5,8H2,1H3. The van der Waals surface area contributed by atoms with Crippen LogP contribution in [0.3, 0.4) is 0 Å². The van der Waals surface area contributed by atoms with Crippen molar-refractivity contribution in [2.24, 2.45) is 0 Å². The third-order valence-electron chi connectivity index (χ3n) is 2.76. The van der Waals surface area contributed by atoms with Crippen LogP contribution < -0.4 is 5.32 Å². The second-order valence-electron chi connectivity index (χ2n) is 3.87. The first-order valence-corrected chi connectivity index (χ1v) is 6.71. The molecule has 1 aliphatic rings. The molecule has 2 nitrogen and oxygen atoms in total. The van der Waals surface area contributed by atoms with Crippen LogP contribution in [0, 0.1) is 0 Å². The molecule has 1 aromatic rings. The molecule has 0 saturated carbocycles. The molecular weight excluding hydrogens is 204 g/mol. The maximum Gasteiger partial charge on any atom is 0.0959 e. The van der Waals surface area contributed by atoms with Crippen molar-refractivity contribution in [2.45, 2.75) is 37.3 Å². The summed E-state index contributed by atoms with van der Waals surface area (Å²) in [4.78, 5) is 4.47. The molecule has 0 radical (unpaired) electrons. The molecule has 0 bridgehead atoms. The molecule has 0 amide bonds. The van der Waals surface area contributed by atoms with Gasteiger partial charge in [-0.3, -0.25) is 0 Å². The zero-order valence-electron chi connectivity index (χ0n) is 9.20. The van der Waals surface area contributed by atoms with Gasteiger partial charge in [0.2, 0.25) is 0 Å². The van der Waals surface area contributed by atoms with E-state index in [1.165, 1.54) is 24.8 Å². The highest BCUT2D eigenvalue weighted by Crippen LogP contribution is 2.23. The summed E-state index contributed by atoms with van der Waals surface area (Å²) < 4.78 is 0. The van der Waals surface area contributed by atoms with E-state index in [0.29, 0.717) is 6.04 Å². The van der Waals surface area contributed by atoms with Gasteiger partial charge < -0.3 is 5.32 Å². The molecule has 0 aromatic carbocycles. The average Bonchev–Trinajstić information content (AvgIpc) is 2.32. The van der Waals surface area contributed by atoms with E-state index in [4.69, 9.17) is 0 Å². The molecule has 1 aliphatic heterocycles. The Labute approximate surface area is 95.9 Å². The smallest absolute Gasteiger partial charge is 0.0959 e. The monoisotopic (exact) mass is 222 g/mol. The average molecular weight is 222 g/mol. The third kappa shape index (κ3) is 2.95. The predicted molar refractivity (Wildman–Crippen MR) is 65.2 cm³/mol. The SMILES string of the molecule is CCSc1ccc(C2CCCCN2)cn1. The fourth-order valence-electron chi connectivity index (χ4n) is 1.97. The maximum atomic E-state index is 4.47. The largest absolute Gasteiger partial charge is 0.310 e. The van der Waals surface area contributed by atoms with E-state index in [-0.39, 0.29) is 0 Å². The zero-order chi connectivity index (χ0) is 10.5. The molecule has 0 spiro atoms. The van der Waals surface area contributed by atoms with Gasteiger partial charge in [-0.25, -0.2) is 4.98 Å². The zero-order valence-corrected chi connectivity index (χ0v) is 10.0. The number of aromatic nitrogens is 1. The lowest BCUT2D eigenvalue weighted by molar-refractivity contribution is 0.411. The van der Waals surface area contributed by atoms with Gasteiger partial charge in [0.05, 0.1) is 5.03 Å². The number of piperidine rings is 1. The Balaban J connectivity index is 2.02. The molecular formula is C12H18N2S. The summed E-state index contributed by atoms with van der Waals surface area (Å²) in [5.74, 6) is 1.09. The number of pyridine rings is 1. The van der Waals surface area contributed by atoms with Crippen LogP contribution in [0.15, 0.2) is 23.4 Å². The lowest BCUT2D eigenvalue weighted by Crippen LogP contribution is -2.26. The van der Waals surface area contributed by atoms with Crippen molar-refractivity contribution in [1.29, 1.82) is 0 Å². The van der Waals surface area contributed by atoms with Crippen LogP contribution in [0.25, 0.3) is 0 Å². The highest BCUT2D eigenvalue weighted by molar-refractivity contribution is 7.99. The van der Waals surface area contributed by atoms with Gasteiger partial charge in [-0.2, -0.15) is 0 Å². The predicted octanol–water partition coefficient (Wildman–Crippen LogP) is 3.01. The molecule has 2 rings (SSSR count). The lowest BCUT2D eigenvalue weighted by Gasteiger charge is -2.23. The number of hydrogen-bond donors (Lipinski definition) is 1. The first kappa shape index (κ1) is 11.0. The van der Waals surface area contributed by atoms with Crippen LogP contribution in [-0.2, 0) is 0 Å². The van der Waals surface area contributed by atoms with Crippen molar-refractivity contribution >= 4 is 11.8 Å². The van der Waals surface area contributed by atoms with E-state index >= 15 is 0 Å². The van der Waals surface area contributed by atoms with Crippen molar-refractivity contribution < 1.29 is 0 Å². The molecule has 0 aliphatic carbocycles. The van der Waals surface area contributed by atoms with Crippen molar-refractivity contribution in [3.8, 4) is 0 Å². The number of nitrogens with zero attached hydrogens (tertiary/aromatic N) is 1. The maximum absolute atomic E-state index is 4.47. The topological polar surface area (TPSA) is 24.9 Å². The molecule has 1 atom stereocenters. The van der Waals surface area contributed by atoms with E-state index < -0.39 is 0 Å². The normalized spacial score (nSPS) is 21.5. The first-order chi connectivity index (χ1) is 7.40. The molecule has 1 N–H and O–H groups in total. The fourth-order valence-corrected chi connectivity index (χ4v) is 2.55. The van der Waals surface area contributed by atoms with Gasteiger partial charge in [0.1, 0.15) is 0 Å². The van der Waals surface area contributed by atoms with Gasteiger partial charge in [0.25, 0.3) is 0 Å². The Bertz CT molecular complexity index is 291. The lowest BCUT2D eigenvalue weighted by atomic mass is 9.99. The van der Waals surface area contributed by atoms with Crippen molar-refractivity contribution in [2.75, 3.05) is 12.3 Å². The highest BCUT2D eigenvalue weighted by atomic mass is 32.2. The molecule has 1 saturated heterocycles. The Morgan fingerprint density at radius 2 is 2.40 bits per heavy atom. The quantitative estimate of drug-likeness (QED) is 0.796. The summed E-state index contributed by atoms with van der Waals surface area (Å²) >= 11 is 1.80. The summed E-state index contributed by atoms with van der Waals surface area (Å²) in [6.07, 6.45) is 5.93. The van der Waals surface area contributed by atoms with E-state index in [0.717, 1.165) is 17.3 Å². The molecule has 1 unspecified atom stereocenters. The van der Waals surface area contributed by atoms with Crippen LogP contribution in [0.1, 0.15) is 37.8 Å². The summed E-state index contributed by atoms with van der Waals surface area (Å²) in [7, 11) is 0. The molecule has 2 heterocycles. The van der Waals surface area contributed by atoms with Gasteiger partial charge >= 0.3 is 0 Å². The molecule has 82 valence electrons. The highest BCUT2D eigenvalue weighted by Gasteiger charge is 2.14. The van der Waals surface area contributed by atoms with Crippen molar-refractivity contribution in [1.82, 2.24) is 10.3 Å². The van der Waals surface area contributed by atoms with Crippen LogP contribution in [0.5, 0.6) is 0 Å². The van der Waals surface area contributed by atoms with E-state index in [1.807, 2.05) is 6.20 Å². The van der Waals surface area contributed by atoms with E-state index in [2.05, 4.69) is 29.4 Å². The second kappa shape index (κ2) is 5.52. The Kier molecular flexibility index (Phi) is 4.03.